The summed E-state index contributed by atoms with van der Waals surface area (Å²) in [5, 5.41) is 13.9. The Labute approximate surface area is 259 Å². The number of anilines is 2. The lowest BCUT2D eigenvalue weighted by molar-refractivity contribution is -0.130. The van der Waals surface area contributed by atoms with Gasteiger partial charge >= 0.3 is 6.09 Å². The van der Waals surface area contributed by atoms with Crippen LogP contribution in [0, 0.1) is 11.8 Å². The lowest BCUT2D eigenvalue weighted by Gasteiger charge is -2.20. The first kappa shape index (κ1) is 32.4. The van der Waals surface area contributed by atoms with E-state index in [1.54, 1.807) is 41.3 Å². The van der Waals surface area contributed by atoms with Crippen LogP contribution in [-0.4, -0.2) is 72.3 Å². The average molecular weight is 599 g/mol. The normalized spacial score (nSPS) is 17.1. The summed E-state index contributed by atoms with van der Waals surface area (Å²) >= 11 is 0. The van der Waals surface area contributed by atoms with Crippen LogP contribution in [0.25, 0.3) is 11.1 Å². The molecular weight excluding hydrogens is 556 g/mol. The molecule has 3 N–H and O–H groups in total. The van der Waals surface area contributed by atoms with E-state index in [2.05, 4.69) is 15.5 Å². The van der Waals surface area contributed by atoms with E-state index in [1.165, 1.54) is 19.3 Å². The summed E-state index contributed by atoms with van der Waals surface area (Å²) in [6, 6.07) is 23.8. The number of carbonyl (C=O) groups excluding carboxylic acids is 3. The van der Waals surface area contributed by atoms with Gasteiger partial charge in [0.05, 0.1) is 5.69 Å². The van der Waals surface area contributed by atoms with Crippen molar-refractivity contribution in [3.05, 3.63) is 84.4 Å². The number of amides is 3. The third kappa shape index (κ3) is 9.77. The second kappa shape index (κ2) is 16.4. The number of carboxylic acid groups (broad SMARTS) is 1. The molecule has 2 atom stereocenters. The van der Waals surface area contributed by atoms with Gasteiger partial charge in [0, 0.05) is 62.9 Å². The van der Waals surface area contributed by atoms with Crippen molar-refractivity contribution in [1.29, 1.82) is 0 Å². The average Bonchev–Trinajstić information content (AvgIpc) is 3.63. The van der Waals surface area contributed by atoms with Crippen molar-refractivity contribution < 1.29 is 24.3 Å². The fourth-order valence-corrected chi connectivity index (χ4v) is 6.01. The van der Waals surface area contributed by atoms with Crippen molar-refractivity contribution in [2.24, 2.45) is 11.8 Å². The SMILES string of the molecule is CN(CCCC(=O)Nc1ccc(C=O)cc1)C(=O)CCN1CC2CCCC2C1.O=C(O)Nc1ccccc1-c1ccccc1. The Bertz CT molecular complexity index is 1380. The van der Waals surface area contributed by atoms with Crippen LogP contribution in [0.3, 0.4) is 0 Å². The van der Waals surface area contributed by atoms with Crippen LogP contribution >= 0.6 is 0 Å². The molecule has 0 bridgehead atoms. The predicted octanol–water partition coefficient (Wildman–Crippen LogP) is 6.24. The van der Waals surface area contributed by atoms with Gasteiger partial charge in [-0.1, -0.05) is 55.0 Å². The monoisotopic (exact) mass is 598 g/mol. The number of nitrogens with zero attached hydrogens (tertiary/aromatic N) is 2. The van der Waals surface area contributed by atoms with Crippen molar-refractivity contribution >= 4 is 35.6 Å². The van der Waals surface area contributed by atoms with Gasteiger partial charge in [0.15, 0.2) is 0 Å². The molecule has 1 saturated carbocycles. The van der Waals surface area contributed by atoms with E-state index in [9.17, 15) is 19.2 Å². The Morgan fingerprint density at radius 1 is 0.886 bits per heavy atom. The quantitative estimate of drug-likeness (QED) is 0.225. The Morgan fingerprint density at radius 2 is 1.55 bits per heavy atom. The number of fused-ring (bicyclic) bond motifs is 1. The van der Waals surface area contributed by atoms with E-state index in [0.717, 1.165) is 48.9 Å². The van der Waals surface area contributed by atoms with E-state index in [1.807, 2.05) is 49.5 Å². The van der Waals surface area contributed by atoms with Crippen molar-refractivity contribution in [3.63, 3.8) is 0 Å². The highest BCUT2D eigenvalue weighted by Crippen LogP contribution is 2.37. The van der Waals surface area contributed by atoms with Crippen LogP contribution in [0.4, 0.5) is 16.2 Å². The highest BCUT2D eigenvalue weighted by atomic mass is 16.4. The minimum Gasteiger partial charge on any atom is -0.465 e. The number of para-hydroxylation sites is 1. The lowest BCUT2D eigenvalue weighted by atomic mass is 10.0. The molecule has 3 aromatic rings. The number of likely N-dealkylation sites (tertiary alicyclic amines) is 1. The van der Waals surface area contributed by atoms with E-state index < -0.39 is 6.09 Å². The number of hydrogen-bond acceptors (Lipinski definition) is 5. The highest BCUT2D eigenvalue weighted by Gasteiger charge is 2.35. The number of hydrogen-bond donors (Lipinski definition) is 3. The van der Waals surface area contributed by atoms with Crippen molar-refractivity contribution in [3.8, 4) is 11.1 Å². The van der Waals surface area contributed by atoms with E-state index in [4.69, 9.17) is 5.11 Å². The zero-order chi connectivity index (χ0) is 31.3. The predicted molar refractivity (Wildman–Crippen MR) is 173 cm³/mol. The molecule has 2 unspecified atom stereocenters. The fraction of sp³-hybridized carbons (Fsp3) is 0.371. The molecule has 3 aromatic carbocycles. The zero-order valence-corrected chi connectivity index (χ0v) is 25.3. The van der Waals surface area contributed by atoms with Crippen LogP contribution < -0.4 is 10.6 Å². The summed E-state index contributed by atoms with van der Waals surface area (Å²) in [5.41, 5.74) is 3.73. The van der Waals surface area contributed by atoms with E-state index in [-0.39, 0.29) is 11.8 Å². The van der Waals surface area contributed by atoms with Crippen LogP contribution in [0.5, 0.6) is 0 Å². The van der Waals surface area contributed by atoms with Gasteiger partial charge in [0.1, 0.15) is 6.29 Å². The first-order chi connectivity index (χ1) is 21.3. The highest BCUT2D eigenvalue weighted by molar-refractivity contribution is 5.91. The molecule has 1 aliphatic carbocycles. The third-order valence-corrected chi connectivity index (χ3v) is 8.35. The van der Waals surface area contributed by atoms with Gasteiger partial charge in [0.2, 0.25) is 11.8 Å². The van der Waals surface area contributed by atoms with Crippen LogP contribution in [0.2, 0.25) is 0 Å². The first-order valence-electron chi connectivity index (χ1n) is 15.3. The molecule has 1 saturated heterocycles. The van der Waals surface area contributed by atoms with Gasteiger partial charge in [0.25, 0.3) is 0 Å². The second-order valence-corrected chi connectivity index (χ2v) is 11.5. The maximum atomic E-state index is 12.3. The molecule has 3 amide bonds. The molecule has 2 aliphatic rings. The Kier molecular flexibility index (Phi) is 12.1. The van der Waals surface area contributed by atoms with Gasteiger partial charge in [-0.15, -0.1) is 0 Å². The van der Waals surface area contributed by atoms with E-state index >= 15 is 0 Å². The summed E-state index contributed by atoms with van der Waals surface area (Å²) in [7, 11) is 1.82. The molecule has 0 radical (unpaired) electrons. The fourth-order valence-electron chi connectivity index (χ4n) is 6.01. The molecule has 2 fully saturated rings. The number of rotatable bonds is 11. The topological polar surface area (TPSA) is 119 Å². The Morgan fingerprint density at radius 3 is 2.20 bits per heavy atom. The van der Waals surface area contributed by atoms with Crippen LogP contribution in [-0.2, 0) is 9.59 Å². The standard InChI is InChI=1S/C22H31N3O3.C13H11NO2/c1-24(22(28)11-13-25-14-18-4-2-5-19(18)15-25)12-3-6-21(27)23-20-9-7-17(16-26)8-10-20;15-13(16)14-12-9-5-4-8-11(12)10-6-2-1-3-7-10/h7-10,16,18-19H,2-6,11-15H2,1H3,(H,23,27);1-9,14H,(H,15,16). The largest absolute Gasteiger partial charge is 0.465 e. The second-order valence-electron chi connectivity index (χ2n) is 11.5. The minimum atomic E-state index is -1.05. The van der Waals surface area contributed by atoms with Crippen LogP contribution in [0.1, 0.15) is 48.9 Å². The number of carbonyl (C=O) groups is 4. The van der Waals surface area contributed by atoms with Crippen LogP contribution in [0.15, 0.2) is 78.9 Å². The van der Waals surface area contributed by atoms with Crippen molar-refractivity contribution in [2.75, 3.05) is 43.9 Å². The smallest absolute Gasteiger partial charge is 0.409 e. The molecule has 9 nitrogen and oxygen atoms in total. The zero-order valence-electron chi connectivity index (χ0n) is 25.3. The lowest BCUT2D eigenvalue weighted by Crippen LogP contribution is -2.32. The van der Waals surface area contributed by atoms with Gasteiger partial charge < -0.3 is 20.2 Å². The summed E-state index contributed by atoms with van der Waals surface area (Å²) in [5.74, 6) is 1.80. The maximum absolute atomic E-state index is 12.3. The molecule has 44 heavy (non-hydrogen) atoms. The van der Waals surface area contributed by atoms with Gasteiger partial charge in [-0.2, -0.15) is 0 Å². The Balaban J connectivity index is 0.000000233. The summed E-state index contributed by atoms with van der Waals surface area (Å²) in [6.45, 7) is 3.76. The molecule has 1 heterocycles. The molecule has 1 aliphatic heterocycles. The first-order valence-corrected chi connectivity index (χ1v) is 15.3. The number of aldehydes is 1. The summed E-state index contributed by atoms with van der Waals surface area (Å²) < 4.78 is 0. The van der Waals surface area contributed by atoms with Gasteiger partial charge in [-0.25, -0.2) is 4.79 Å². The number of benzene rings is 3. The molecule has 5 rings (SSSR count). The summed E-state index contributed by atoms with van der Waals surface area (Å²) in [6.07, 6.45) is 5.37. The third-order valence-electron chi connectivity index (χ3n) is 8.35. The molecule has 232 valence electrons. The summed E-state index contributed by atoms with van der Waals surface area (Å²) in [4.78, 5) is 49.8. The Hall–Kier alpha value is -4.50. The minimum absolute atomic E-state index is 0.0803. The molecular formula is C35H42N4O5. The van der Waals surface area contributed by atoms with Crippen molar-refractivity contribution in [2.45, 2.75) is 38.5 Å². The van der Waals surface area contributed by atoms with Gasteiger partial charge in [-0.3, -0.25) is 19.7 Å². The number of nitrogens with one attached hydrogen (secondary N) is 2. The van der Waals surface area contributed by atoms with E-state index in [0.29, 0.717) is 42.7 Å². The van der Waals surface area contributed by atoms with Gasteiger partial charge in [-0.05, 0) is 67.0 Å². The van der Waals surface area contributed by atoms with Crippen molar-refractivity contribution in [1.82, 2.24) is 9.80 Å². The molecule has 0 aromatic heterocycles. The maximum Gasteiger partial charge on any atom is 0.409 e. The molecule has 9 heteroatoms. The molecule has 0 spiro atoms.